The zero-order valence-electron chi connectivity index (χ0n) is 45.5. The molecule has 0 aliphatic rings. The van der Waals surface area contributed by atoms with E-state index < -0.39 is 0 Å². The molecule has 0 aliphatic heterocycles. The fourth-order valence-corrected chi connectivity index (χ4v) is 6.41. The van der Waals surface area contributed by atoms with Gasteiger partial charge in [0, 0.05) is 0 Å². The maximum absolute atomic E-state index is 2.30. The molecule has 0 N–H and O–H groups in total. The standard InChI is InChI=1S/3C17H20.6C2H6/c1-12-5-7-16(9-14(12)3)11-17-8-6-13(2)15(4)10-17;1-12-7-5-9-16(14(12)3)11-17-10-6-8-13(2)15(17)4;1-12-8-9-16(10-14(12)3)11-17-7-5-6-13(2)15(17)4;6*1-2/h3*5-10H,11H2,1-4H3;6*1-2H3. The van der Waals surface area contributed by atoms with E-state index in [1.807, 2.05) is 83.1 Å². The highest BCUT2D eigenvalue weighted by molar-refractivity contribution is 5.42. The summed E-state index contributed by atoms with van der Waals surface area (Å²) in [5, 5.41) is 0. The Labute approximate surface area is 393 Å². The highest BCUT2D eigenvalue weighted by Gasteiger charge is 2.06. The van der Waals surface area contributed by atoms with Crippen LogP contribution in [0.2, 0.25) is 0 Å². The van der Waals surface area contributed by atoms with Gasteiger partial charge in [0.25, 0.3) is 0 Å². The van der Waals surface area contributed by atoms with E-state index in [0.29, 0.717) is 0 Å². The predicted molar refractivity (Wildman–Crippen MR) is 292 cm³/mol. The van der Waals surface area contributed by atoms with Crippen LogP contribution in [-0.2, 0) is 19.3 Å². The minimum atomic E-state index is 1.03. The van der Waals surface area contributed by atoms with E-state index in [4.69, 9.17) is 0 Å². The van der Waals surface area contributed by atoms with Crippen molar-refractivity contribution in [2.75, 3.05) is 0 Å². The highest BCUT2D eigenvalue weighted by atomic mass is 14.1. The SMILES string of the molecule is CC.CC.CC.CC.CC.CC.Cc1ccc(Cc2ccc(C)c(C)c2)cc1C.Cc1ccc(Cc2cccc(C)c2C)cc1C.Cc1cccc(Cc2cccc(C)c2C)c1C. The van der Waals surface area contributed by atoms with Crippen LogP contribution in [0, 0.1) is 83.1 Å². The Hall–Kier alpha value is -4.68. The molecule has 0 radical (unpaired) electrons. The molecule has 0 spiro atoms. The van der Waals surface area contributed by atoms with Crippen molar-refractivity contribution in [3.05, 3.63) is 209 Å². The molecule has 0 aliphatic carbocycles. The Morgan fingerprint density at radius 2 is 0.460 bits per heavy atom. The number of benzene rings is 6. The van der Waals surface area contributed by atoms with E-state index >= 15 is 0 Å². The van der Waals surface area contributed by atoms with Gasteiger partial charge in [-0.05, 0) is 202 Å². The summed E-state index contributed by atoms with van der Waals surface area (Å²) in [6, 6.07) is 40.0. The van der Waals surface area contributed by atoms with Gasteiger partial charge in [-0.1, -0.05) is 192 Å². The van der Waals surface area contributed by atoms with Crippen molar-refractivity contribution in [3.63, 3.8) is 0 Å². The molecule has 0 amide bonds. The smallest absolute Gasteiger partial charge is 0.00203 e. The van der Waals surface area contributed by atoms with Crippen LogP contribution in [0.25, 0.3) is 0 Å². The third-order valence-electron chi connectivity index (χ3n) is 11.0. The molecule has 0 nitrogen and oxygen atoms in total. The summed E-state index contributed by atoms with van der Waals surface area (Å²) in [7, 11) is 0. The van der Waals surface area contributed by atoms with E-state index in [1.54, 1.807) is 0 Å². The Kier molecular flexibility index (Phi) is 36.5. The van der Waals surface area contributed by atoms with Gasteiger partial charge in [0.05, 0.1) is 0 Å². The number of hydrogen-bond donors (Lipinski definition) is 0. The fraction of sp³-hybridized carbons (Fsp3) is 0.429. The van der Waals surface area contributed by atoms with Gasteiger partial charge < -0.3 is 0 Å². The lowest BCUT2D eigenvalue weighted by atomic mass is 9.93. The summed E-state index contributed by atoms with van der Waals surface area (Å²) in [4.78, 5) is 0. The maximum Gasteiger partial charge on any atom is -0.00203 e. The quantitative estimate of drug-likeness (QED) is 0.157. The molecular formula is C63H96. The summed E-state index contributed by atoms with van der Waals surface area (Å²) < 4.78 is 0. The second-order valence-electron chi connectivity index (χ2n) is 14.9. The van der Waals surface area contributed by atoms with Crippen molar-refractivity contribution < 1.29 is 0 Å². The normalized spacial score (nSPS) is 9.14. The number of rotatable bonds is 6. The van der Waals surface area contributed by atoms with Crippen molar-refractivity contribution in [1.82, 2.24) is 0 Å². The Morgan fingerprint density at radius 3 is 0.714 bits per heavy atom. The van der Waals surface area contributed by atoms with Crippen molar-refractivity contribution in [2.24, 2.45) is 0 Å². The van der Waals surface area contributed by atoms with Crippen LogP contribution in [0.15, 0.2) is 109 Å². The molecule has 348 valence electrons. The highest BCUT2D eigenvalue weighted by Crippen LogP contribution is 2.22. The first-order chi connectivity index (χ1) is 30.2. The lowest BCUT2D eigenvalue weighted by Gasteiger charge is -2.12. The van der Waals surface area contributed by atoms with Crippen molar-refractivity contribution in [3.8, 4) is 0 Å². The minimum absolute atomic E-state index is 1.03. The minimum Gasteiger partial charge on any atom is -0.0683 e. The average Bonchev–Trinajstić information content (AvgIpc) is 3.31. The number of aryl methyl sites for hydroxylation is 9. The molecule has 0 fully saturated rings. The van der Waals surface area contributed by atoms with E-state index in [9.17, 15) is 0 Å². The van der Waals surface area contributed by atoms with Crippen LogP contribution in [0.5, 0.6) is 0 Å². The molecule has 0 heteroatoms. The molecule has 6 rings (SSSR count). The van der Waals surface area contributed by atoms with Gasteiger partial charge in [-0.25, -0.2) is 0 Å². The summed E-state index contributed by atoms with van der Waals surface area (Å²) in [5.41, 5.74) is 25.2. The topological polar surface area (TPSA) is 0 Å². The summed E-state index contributed by atoms with van der Waals surface area (Å²) in [6.45, 7) is 50.2. The van der Waals surface area contributed by atoms with E-state index in [2.05, 4.69) is 192 Å². The van der Waals surface area contributed by atoms with Gasteiger partial charge in [-0.3, -0.25) is 0 Å². The van der Waals surface area contributed by atoms with Crippen LogP contribution in [0.1, 0.15) is 183 Å². The van der Waals surface area contributed by atoms with E-state index in [1.165, 1.54) is 100 Å². The molecular weight excluding hydrogens is 757 g/mol. The van der Waals surface area contributed by atoms with Gasteiger partial charge in [-0.2, -0.15) is 0 Å². The molecule has 0 saturated heterocycles. The lowest BCUT2D eigenvalue weighted by molar-refractivity contribution is 1.10. The van der Waals surface area contributed by atoms with Crippen LogP contribution < -0.4 is 0 Å². The Bertz CT molecular complexity index is 1990. The van der Waals surface area contributed by atoms with Gasteiger partial charge >= 0.3 is 0 Å². The zero-order valence-corrected chi connectivity index (χ0v) is 45.5. The molecule has 0 unspecified atom stereocenters. The molecule has 6 aromatic carbocycles. The Balaban J connectivity index is -0.000000763. The fourth-order valence-electron chi connectivity index (χ4n) is 6.41. The zero-order chi connectivity index (χ0) is 49.2. The van der Waals surface area contributed by atoms with Gasteiger partial charge in [0.1, 0.15) is 0 Å². The Morgan fingerprint density at radius 1 is 0.222 bits per heavy atom. The summed E-state index contributed by atoms with van der Waals surface area (Å²) >= 11 is 0. The first-order valence-corrected chi connectivity index (χ1v) is 24.6. The summed E-state index contributed by atoms with van der Waals surface area (Å²) in [6.07, 6.45) is 3.11. The van der Waals surface area contributed by atoms with Gasteiger partial charge in [-0.15, -0.1) is 0 Å². The van der Waals surface area contributed by atoms with E-state index in [-0.39, 0.29) is 0 Å². The number of hydrogen-bond acceptors (Lipinski definition) is 0. The van der Waals surface area contributed by atoms with Gasteiger partial charge in [0.15, 0.2) is 0 Å². The predicted octanol–water partition coefficient (Wildman–Crippen LogP) is 19.7. The molecule has 0 saturated carbocycles. The third-order valence-corrected chi connectivity index (χ3v) is 11.0. The molecule has 63 heavy (non-hydrogen) atoms. The lowest BCUT2D eigenvalue weighted by Crippen LogP contribution is -1.97. The molecule has 0 atom stereocenters. The molecule has 0 aromatic heterocycles. The van der Waals surface area contributed by atoms with Crippen molar-refractivity contribution in [2.45, 2.75) is 185 Å². The molecule has 0 heterocycles. The molecule has 6 aromatic rings. The second kappa shape index (κ2) is 36.8. The first-order valence-electron chi connectivity index (χ1n) is 24.6. The average molecular weight is 853 g/mol. The van der Waals surface area contributed by atoms with Crippen LogP contribution in [0.3, 0.4) is 0 Å². The second-order valence-corrected chi connectivity index (χ2v) is 14.9. The van der Waals surface area contributed by atoms with Crippen LogP contribution in [0.4, 0.5) is 0 Å². The van der Waals surface area contributed by atoms with Crippen molar-refractivity contribution >= 4 is 0 Å². The van der Waals surface area contributed by atoms with Gasteiger partial charge in [0.2, 0.25) is 0 Å². The van der Waals surface area contributed by atoms with E-state index in [0.717, 1.165) is 19.3 Å². The van der Waals surface area contributed by atoms with Crippen LogP contribution >= 0.6 is 0 Å². The maximum atomic E-state index is 2.30. The largest absolute Gasteiger partial charge is 0.0683 e. The third kappa shape index (κ3) is 22.5. The monoisotopic (exact) mass is 853 g/mol. The van der Waals surface area contributed by atoms with Crippen molar-refractivity contribution in [1.29, 1.82) is 0 Å². The van der Waals surface area contributed by atoms with Crippen LogP contribution in [-0.4, -0.2) is 0 Å². The molecule has 0 bridgehead atoms. The first kappa shape index (κ1) is 62.6. The summed E-state index contributed by atoms with van der Waals surface area (Å²) in [5.74, 6) is 0.